The lowest BCUT2D eigenvalue weighted by atomic mass is 9.66. The fraction of sp³-hybridized carbons (Fsp3) is 0.636. The van der Waals surface area contributed by atoms with Crippen LogP contribution in [0.1, 0.15) is 19.3 Å². The van der Waals surface area contributed by atoms with Crippen molar-refractivity contribution in [1.82, 2.24) is 0 Å². The molecule has 0 heteroatoms. The fourth-order valence-electron chi connectivity index (χ4n) is 3.80. The van der Waals surface area contributed by atoms with Crippen molar-refractivity contribution < 1.29 is 0 Å². The third-order valence-electron chi connectivity index (χ3n) is 4.31. The summed E-state index contributed by atoms with van der Waals surface area (Å²) >= 11 is 0. The Labute approximate surface area is 67.0 Å². The summed E-state index contributed by atoms with van der Waals surface area (Å²) < 4.78 is 0. The number of hydrogen-bond acceptors (Lipinski definition) is 0. The molecule has 0 aromatic heterocycles. The summed E-state index contributed by atoms with van der Waals surface area (Å²) in [4.78, 5) is 0. The van der Waals surface area contributed by atoms with E-state index >= 15 is 0 Å². The zero-order valence-corrected chi connectivity index (χ0v) is 6.59. The van der Waals surface area contributed by atoms with Crippen LogP contribution in [0.2, 0.25) is 0 Å². The molecule has 0 aromatic carbocycles. The summed E-state index contributed by atoms with van der Waals surface area (Å²) in [5.41, 5.74) is 3.52. The van der Waals surface area contributed by atoms with E-state index in [1.165, 1.54) is 19.3 Å². The van der Waals surface area contributed by atoms with Crippen molar-refractivity contribution in [2.45, 2.75) is 19.3 Å². The maximum atomic E-state index is 2.57. The normalized spacial score (nSPS) is 55.3. The van der Waals surface area contributed by atoms with Gasteiger partial charge in [0.15, 0.2) is 0 Å². The molecule has 6 rings (SSSR count). The van der Waals surface area contributed by atoms with Crippen LogP contribution in [0.15, 0.2) is 23.3 Å². The molecule has 0 amide bonds. The lowest BCUT2D eigenvalue weighted by molar-refractivity contribution is 0.169. The van der Waals surface area contributed by atoms with Gasteiger partial charge in [0.05, 0.1) is 0 Å². The van der Waals surface area contributed by atoms with Gasteiger partial charge in [-0.05, 0) is 42.9 Å². The van der Waals surface area contributed by atoms with Gasteiger partial charge in [0.2, 0.25) is 0 Å². The first-order valence-corrected chi connectivity index (χ1v) is 4.84. The molecular weight excluding hydrogens is 132 g/mol. The van der Waals surface area contributed by atoms with E-state index in [0.29, 0.717) is 0 Å². The van der Waals surface area contributed by atoms with Gasteiger partial charge in [-0.1, -0.05) is 23.3 Å². The molecule has 56 valence electrons. The van der Waals surface area contributed by atoms with Crippen LogP contribution >= 0.6 is 0 Å². The molecule has 0 saturated heterocycles. The molecule has 4 unspecified atom stereocenters. The molecule has 11 heavy (non-hydrogen) atoms. The highest BCUT2D eigenvalue weighted by Crippen LogP contribution is 2.63. The Morgan fingerprint density at radius 1 is 1.27 bits per heavy atom. The van der Waals surface area contributed by atoms with Gasteiger partial charge >= 0.3 is 0 Å². The van der Waals surface area contributed by atoms with Gasteiger partial charge in [-0.25, -0.2) is 0 Å². The van der Waals surface area contributed by atoms with Crippen molar-refractivity contribution in [3.05, 3.63) is 23.3 Å². The fourth-order valence-corrected chi connectivity index (χ4v) is 3.80. The number of allylic oxidation sites excluding steroid dienone is 4. The van der Waals surface area contributed by atoms with E-state index in [0.717, 1.165) is 23.7 Å². The Balaban J connectivity index is 2.04. The van der Waals surface area contributed by atoms with Gasteiger partial charge in [-0.3, -0.25) is 0 Å². The second-order valence-corrected chi connectivity index (χ2v) is 4.69. The Morgan fingerprint density at radius 2 is 2.27 bits per heavy atom. The number of hydrogen-bond donors (Lipinski definition) is 0. The van der Waals surface area contributed by atoms with Crippen molar-refractivity contribution in [3.63, 3.8) is 0 Å². The monoisotopic (exact) mass is 144 g/mol. The molecule has 0 nitrogen and oxygen atoms in total. The molecule has 2 fully saturated rings. The van der Waals surface area contributed by atoms with Gasteiger partial charge in [-0.15, -0.1) is 0 Å². The lowest BCUT2D eigenvalue weighted by Crippen LogP contribution is -2.30. The van der Waals surface area contributed by atoms with Gasteiger partial charge in [-0.2, -0.15) is 0 Å². The minimum Gasteiger partial charge on any atom is -0.0779 e. The highest BCUT2D eigenvalue weighted by atomic mass is 14.6. The molecule has 2 saturated carbocycles. The van der Waals surface area contributed by atoms with Crippen LogP contribution < -0.4 is 0 Å². The van der Waals surface area contributed by atoms with Crippen molar-refractivity contribution in [3.8, 4) is 0 Å². The summed E-state index contributed by atoms with van der Waals surface area (Å²) in [7, 11) is 0. The largest absolute Gasteiger partial charge is 0.0779 e. The minimum atomic E-state index is 0.997. The maximum absolute atomic E-state index is 2.57. The van der Waals surface area contributed by atoms with E-state index in [1.807, 2.05) is 5.57 Å². The van der Waals surface area contributed by atoms with Crippen molar-refractivity contribution in [1.29, 1.82) is 0 Å². The average molecular weight is 144 g/mol. The van der Waals surface area contributed by atoms with Gasteiger partial charge in [0.1, 0.15) is 0 Å². The summed E-state index contributed by atoms with van der Waals surface area (Å²) in [6.45, 7) is 0. The van der Waals surface area contributed by atoms with E-state index in [-0.39, 0.29) is 0 Å². The van der Waals surface area contributed by atoms with Crippen LogP contribution in [-0.4, -0.2) is 0 Å². The molecule has 6 aliphatic rings. The predicted octanol–water partition coefficient (Wildman–Crippen LogP) is 2.53. The number of rotatable bonds is 0. The molecule has 0 aliphatic heterocycles. The molecular formula is C11H12. The molecule has 6 bridgehead atoms. The van der Waals surface area contributed by atoms with Crippen LogP contribution in [0.4, 0.5) is 0 Å². The van der Waals surface area contributed by atoms with Crippen LogP contribution in [0.5, 0.6) is 0 Å². The smallest absolute Gasteiger partial charge is 0.0154 e. The van der Waals surface area contributed by atoms with E-state index in [2.05, 4.69) is 12.2 Å². The third-order valence-corrected chi connectivity index (χ3v) is 4.31. The predicted molar refractivity (Wildman–Crippen MR) is 44.0 cm³/mol. The van der Waals surface area contributed by atoms with Crippen LogP contribution in [0, 0.1) is 23.7 Å². The van der Waals surface area contributed by atoms with Gasteiger partial charge in [0, 0.05) is 0 Å². The molecule has 0 radical (unpaired) electrons. The summed E-state index contributed by atoms with van der Waals surface area (Å²) in [5, 5.41) is 0. The third kappa shape index (κ3) is 0.421. The molecule has 0 spiro atoms. The summed E-state index contributed by atoms with van der Waals surface area (Å²) in [5.74, 6) is 4.13. The second-order valence-electron chi connectivity index (χ2n) is 4.69. The van der Waals surface area contributed by atoms with Gasteiger partial charge < -0.3 is 0 Å². The van der Waals surface area contributed by atoms with E-state index in [4.69, 9.17) is 0 Å². The zero-order valence-electron chi connectivity index (χ0n) is 6.59. The van der Waals surface area contributed by atoms with Crippen LogP contribution in [-0.2, 0) is 0 Å². The molecule has 6 aliphatic carbocycles. The van der Waals surface area contributed by atoms with Crippen molar-refractivity contribution in [2.24, 2.45) is 23.7 Å². The molecule has 0 N–H and O–H groups in total. The second kappa shape index (κ2) is 1.35. The Kier molecular flexibility index (Phi) is 0.636. The first-order valence-electron chi connectivity index (χ1n) is 4.84. The van der Waals surface area contributed by atoms with E-state index < -0.39 is 0 Å². The van der Waals surface area contributed by atoms with Crippen molar-refractivity contribution in [2.75, 3.05) is 0 Å². The molecule has 0 heterocycles. The minimum absolute atomic E-state index is 0.997. The van der Waals surface area contributed by atoms with Crippen molar-refractivity contribution >= 4 is 0 Å². The standard InChI is InChI=1S/C11H12/c1-6-2-8-5-11-9(3-6)7(1)4-10(8)11/h2-3,7-8,10-11H,1,4-5H2. The Bertz CT molecular complexity index is 291. The zero-order chi connectivity index (χ0) is 7.00. The Morgan fingerprint density at radius 3 is 3.27 bits per heavy atom. The topological polar surface area (TPSA) is 0 Å². The SMILES string of the molecule is C1=C2C=C3C(C2)CC2C1CC32. The highest BCUT2D eigenvalue weighted by molar-refractivity contribution is 5.44. The van der Waals surface area contributed by atoms with E-state index in [1.54, 1.807) is 5.57 Å². The van der Waals surface area contributed by atoms with Crippen LogP contribution in [0.3, 0.4) is 0 Å². The quantitative estimate of drug-likeness (QED) is 0.490. The maximum Gasteiger partial charge on any atom is -0.0154 e. The molecule has 4 atom stereocenters. The van der Waals surface area contributed by atoms with Crippen LogP contribution in [0.25, 0.3) is 0 Å². The average Bonchev–Trinajstić information content (AvgIpc) is 2.16. The molecule has 0 aromatic rings. The van der Waals surface area contributed by atoms with Gasteiger partial charge in [0.25, 0.3) is 0 Å². The summed E-state index contributed by atoms with van der Waals surface area (Å²) in [6, 6.07) is 0. The first-order chi connectivity index (χ1) is 5.42. The Hall–Kier alpha value is -0.520. The first kappa shape index (κ1) is 5.18. The summed E-state index contributed by atoms with van der Waals surface area (Å²) in [6.07, 6.45) is 9.51. The van der Waals surface area contributed by atoms with E-state index in [9.17, 15) is 0 Å². The highest BCUT2D eigenvalue weighted by Gasteiger charge is 2.53. The lowest BCUT2D eigenvalue weighted by Gasteiger charge is -2.38.